The summed E-state index contributed by atoms with van der Waals surface area (Å²) in [6, 6.07) is 6.58. The molecule has 0 radical (unpaired) electrons. The maximum Gasteiger partial charge on any atom is 0.275 e. The van der Waals surface area contributed by atoms with Crippen LogP contribution in [0.15, 0.2) is 29.6 Å². The molecule has 5 nitrogen and oxygen atoms in total. The van der Waals surface area contributed by atoms with Crippen LogP contribution >= 0.6 is 11.3 Å². The van der Waals surface area contributed by atoms with Gasteiger partial charge in [0.2, 0.25) is 0 Å². The SMILES string of the molecule is Cc1nc(C(=O)Nc2ccccc2C(N)=O)cs1. The Morgan fingerprint density at radius 3 is 2.67 bits per heavy atom. The van der Waals surface area contributed by atoms with Gasteiger partial charge < -0.3 is 11.1 Å². The largest absolute Gasteiger partial charge is 0.366 e. The highest BCUT2D eigenvalue weighted by atomic mass is 32.1. The van der Waals surface area contributed by atoms with E-state index in [1.807, 2.05) is 6.92 Å². The molecule has 0 unspecified atom stereocenters. The minimum atomic E-state index is -0.583. The van der Waals surface area contributed by atoms with Crippen molar-refractivity contribution in [3.8, 4) is 0 Å². The molecule has 0 spiro atoms. The third-order valence-corrected chi connectivity index (χ3v) is 3.07. The molecule has 1 aromatic heterocycles. The summed E-state index contributed by atoms with van der Waals surface area (Å²) in [5, 5.41) is 5.10. The Balaban J connectivity index is 2.24. The number of nitrogens with one attached hydrogen (secondary N) is 1. The molecular weight excluding hydrogens is 250 g/mol. The molecule has 18 heavy (non-hydrogen) atoms. The second kappa shape index (κ2) is 4.97. The number of carbonyl (C=O) groups is 2. The number of primary amides is 1. The van der Waals surface area contributed by atoms with Crippen LogP contribution in [0.25, 0.3) is 0 Å². The average molecular weight is 261 g/mol. The van der Waals surface area contributed by atoms with Gasteiger partial charge in [-0.15, -0.1) is 11.3 Å². The summed E-state index contributed by atoms with van der Waals surface area (Å²) >= 11 is 1.39. The zero-order valence-corrected chi connectivity index (χ0v) is 10.5. The van der Waals surface area contributed by atoms with Gasteiger partial charge in [-0.05, 0) is 19.1 Å². The number of benzene rings is 1. The number of para-hydroxylation sites is 1. The molecule has 2 aromatic rings. The Morgan fingerprint density at radius 1 is 1.33 bits per heavy atom. The number of nitrogens with zero attached hydrogens (tertiary/aromatic N) is 1. The lowest BCUT2D eigenvalue weighted by molar-refractivity contribution is 0.100. The van der Waals surface area contributed by atoms with Crippen molar-refractivity contribution in [1.29, 1.82) is 0 Å². The number of nitrogens with two attached hydrogens (primary N) is 1. The highest BCUT2D eigenvalue weighted by molar-refractivity contribution is 7.09. The number of amides is 2. The van der Waals surface area contributed by atoms with Crippen molar-refractivity contribution in [2.75, 3.05) is 5.32 Å². The molecule has 0 fully saturated rings. The molecule has 0 aliphatic heterocycles. The number of anilines is 1. The van der Waals surface area contributed by atoms with Gasteiger partial charge in [-0.25, -0.2) is 4.98 Å². The molecule has 92 valence electrons. The molecule has 1 aromatic carbocycles. The number of aromatic nitrogens is 1. The van der Waals surface area contributed by atoms with E-state index in [-0.39, 0.29) is 11.5 Å². The van der Waals surface area contributed by atoms with Crippen LogP contribution in [0.5, 0.6) is 0 Å². The van der Waals surface area contributed by atoms with Crippen LogP contribution in [0.1, 0.15) is 25.9 Å². The molecule has 0 aliphatic carbocycles. The predicted molar refractivity (Wildman–Crippen MR) is 69.8 cm³/mol. The number of aryl methyl sites for hydroxylation is 1. The van der Waals surface area contributed by atoms with Crippen molar-refractivity contribution in [3.05, 3.63) is 45.9 Å². The first-order chi connectivity index (χ1) is 8.58. The van der Waals surface area contributed by atoms with Crippen molar-refractivity contribution < 1.29 is 9.59 Å². The van der Waals surface area contributed by atoms with Crippen molar-refractivity contribution in [3.63, 3.8) is 0 Å². The van der Waals surface area contributed by atoms with Gasteiger partial charge in [0.1, 0.15) is 5.69 Å². The summed E-state index contributed by atoms with van der Waals surface area (Å²) in [7, 11) is 0. The van der Waals surface area contributed by atoms with Gasteiger partial charge in [0.15, 0.2) is 0 Å². The minimum absolute atomic E-state index is 0.276. The molecule has 0 saturated heterocycles. The van der Waals surface area contributed by atoms with Crippen LogP contribution in [0, 0.1) is 6.92 Å². The van der Waals surface area contributed by atoms with E-state index >= 15 is 0 Å². The molecule has 2 amide bonds. The summed E-state index contributed by atoms with van der Waals surface area (Å²) in [5.41, 5.74) is 6.22. The van der Waals surface area contributed by atoms with E-state index in [0.29, 0.717) is 11.4 Å². The first-order valence-corrected chi connectivity index (χ1v) is 6.08. The number of carbonyl (C=O) groups excluding carboxylic acids is 2. The fourth-order valence-corrected chi connectivity index (χ4v) is 2.05. The standard InChI is InChI=1S/C12H11N3O2S/c1-7-14-10(6-18-7)12(17)15-9-5-3-2-4-8(9)11(13)16/h2-6H,1H3,(H2,13,16)(H,15,17). The van der Waals surface area contributed by atoms with E-state index in [9.17, 15) is 9.59 Å². The molecule has 6 heteroatoms. The normalized spacial score (nSPS) is 10.1. The summed E-state index contributed by atoms with van der Waals surface area (Å²) in [6.45, 7) is 1.82. The van der Waals surface area contributed by atoms with Gasteiger partial charge in [-0.2, -0.15) is 0 Å². The first kappa shape index (κ1) is 12.3. The summed E-state index contributed by atoms with van der Waals surface area (Å²) in [4.78, 5) is 27.2. The smallest absolute Gasteiger partial charge is 0.275 e. The second-order valence-electron chi connectivity index (χ2n) is 3.62. The van der Waals surface area contributed by atoms with Gasteiger partial charge in [0.25, 0.3) is 11.8 Å². The highest BCUT2D eigenvalue weighted by Gasteiger charge is 2.13. The summed E-state index contributed by atoms with van der Waals surface area (Å²) < 4.78 is 0. The van der Waals surface area contributed by atoms with Gasteiger partial charge >= 0.3 is 0 Å². The highest BCUT2D eigenvalue weighted by Crippen LogP contribution is 2.16. The van der Waals surface area contributed by atoms with Crippen LogP contribution in [0.2, 0.25) is 0 Å². The fraction of sp³-hybridized carbons (Fsp3) is 0.0833. The number of hydrogen-bond donors (Lipinski definition) is 2. The lowest BCUT2D eigenvalue weighted by Gasteiger charge is -2.07. The van der Waals surface area contributed by atoms with E-state index in [1.54, 1.807) is 29.6 Å². The van der Waals surface area contributed by atoms with E-state index in [0.717, 1.165) is 5.01 Å². The average Bonchev–Trinajstić information content (AvgIpc) is 2.76. The monoisotopic (exact) mass is 261 g/mol. The fourth-order valence-electron chi connectivity index (χ4n) is 1.46. The van der Waals surface area contributed by atoms with Crippen LogP contribution in [0.4, 0.5) is 5.69 Å². The van der Waals surface area contributed by atoms with E-state index in [4.69, 9.17) is 5.73 Å². The Labute approximate surface area is 108 Å². The number of rotatable bonds is 3. The molecule has 3 N–H and O–H groups in total. The maximum atomic E-state index is 11.9. The molecule has 1 heterocycles. The van der Waals surface area contributed by atoms with Crippen LogP contribution < -0.4 is 11.1 Å². The molecule has 2 rings (SSSR count). The topological polar surface area (TPSA) is 85.1 Å². The second-order valence-corrected chi connectivity index (χ2v) is 4.68. The molecule has 0 atom stereocenters. The zero-order valence-electron chi connectivity index (χ0n) is 9.64. The lowest BCUT2D eigenvalue weighted by atomic mass is 10.1. The van der Waals surface area contributed by atoms with Gasteiger partial charge in [-0.3, -0.25) is 9.59 Å². The van der Waals surface area contributed by atoms with E-state index in [1.165, 1.54) is 11.3 Å². The zero-order chi connectivity index (χ0) is 13.1. The quantitative estimate of drug-likeness (QED) is 0.883. The summed E-state index contributed by atoms with van der Waals surface area (Å²) in [5.74, 6) is -0.937. The van der Waals surface area contributed by atoms with Gasteiger partial charge in [0.05, 0.1) is 16.3 Å². The number of thiazole rings is 1. The van der Waals surface area contributed by atoms with Gasteiger partial charge in [0, 0.05) is 5.38 Å². The third-order valence-electron chi connectivity index (χ3n) is 2.29. The van der Waals surface area contributed by atoms with Crippen LogP contribution in [-0.4, -0.2) is 16.8 Å². The Morgan fingerprint density at radius 2 is 2.06 bits per heavy atom. The third kappa shape index (κ3) is 2.54. The lowest BCUT2D eigenvalue weighted by Crippen LogP contribution is -2.18. The van der Waals surface area contributed by atoms with Crippen molar-refractivity contribution in [2.45, 2.75) is 6.92 Å². The van der Waals surface area contributed by atoms with E-state index in [2.05, 4.69) is 10.3 Å². The Kier molecular flexibility index (Phi) is 3.38. The Bertz CT molecular complexity index is 607. The molecule has 0 bridgehead atoms. The minimum Gasteiger partial charge on any atom is -0.366 e. The van der Waals surface area contributed by atoms with Crippen LogP contribution in [-0.2, 0) is 0 Å². The number of hydrogen-bond acceptors (Lipinski definition) is 4. The molecule has 0 aliphatic rings. The van der Waals surface area contributed by atoms with Crippen molar-refractivity contribution >= 4 is 28.8 Å². The predicted octanol–water partition coefficient (Wildman–Crippen LogP) is 1.80. The van der Waals surface area contributed by atoms with Crippen LogP contribution in [0.3, 0.4) is 0 Å². The van der Waals surface area contributed by atoms with E-state index < -0.39 is 5.91 Å². The molecular formula is C12H11N3O2S. The van der Waals surface area contributed by atoms with Gasteiger partial charge in [-0.1, -0.05) is 12.1 Å². The van der Waals surface area contributed by atoms with Crippen molar-refractivity contribution in [1.82, 2.24) is 4.98 Å². The van der Waals surface area contributed by atoms with Crippen molar-refractivity contribution in [2.24, 2.45) is 5.73 Å². The summed E-state index contributed by atoms with van der Waals surface area (Å²) in [6.07, 6.45) is 0. The first-order valence-electron chi connectivity index (χ1n) is 5.20. The Hall–Kier alpha value is -2.21. The molecule has 0 saturated carbocycles. The maximum absolute atomic E-state index is 11.9.